The molecule has 29 heteroatoms. The molecule has 21 nitrogen and oxygen atoms in total. The molecule has 7 rings (SSSR count). The van der Waals surface area contributed by atoms with Crippen molar-refractivity contribution >= 4 is 113 Å². The number of nitrogens with zero attached hydrogens (tertiary/aromatic N) is 5. The maximum Gasteiger partial charge on any atom is 1.00 e. The molecule has 0 atom stereocenters. The van der Waals surface area contributed by atoms with E-state index < -0.39 is 60.1 Å². The van der Waals surface area contributed by atoms with Crippen LogP contribution in [-0.2, 0) is 40.5 Å². The fourth-order valence-corrected chi connectivity index (χ4v) is 9.55. The van der Waals surface area contributed by atoms with E-state index in [9.17, 15) is 57.0 Å². The SMILES string of the molecule is Cc1cc(Nc2cc(NCCO)nc(Nc3ccc(N=Nc4cc(S(=O)(=O)[O-])c5cccc(S(=O)(=O)[O-])c5c4)c(C)c3)c2)ccc1N=Nc1cc(S(=O)(=O)[O-])c2cccc(S(=O)(=O)[O-])c2c1.[Na+].[Na+].[Na+].[Na+]. The molecule has 1 heterocycles. The predicted octanol–water partition coefficient (Wildman–Crippen LogP) is -4.64. The number of aromatic nitrogens is 1. The number of fused-ring (bicyclic) bond motifs is 2. The molecule has 0 aliphatic carbocycles. The maximum atomic E-state index is 12.1. The Morgan fingerprint density at radius 2 is 0.886 bits per heavy atom. The number of anilines is 5. The molecule has 0 amide bonds. The second kappa shape index (κ2) is 24.9. The summed E-state index contributed by atoms with van der Waals surface area (Å²) in [7, 11) is -20.4. The summed E-state index contributed by atoms with van der Waals surface area (Å²) in [6.45, 7) is 3.40. The zero-order valence-corrected chi connectivity index (χ0v) is 49.3. The monoisotopic (exact) mass is 1060 g/mol. The molecule has 0 unspecified atom stereocenters. The summed E-state index contributed by atoms with van der Waals surface area (Å²) < 4.78 is 144. The van der Waals surface area contributed by atoms with Crippen LogP contribution in [0.1, 0.15) is 11.1 Å². The van der Waals surface area contributed by atoms with Crippen molar-refractivity contribution in [3.8, 4) is 0 Å². The second-order valence-electron chi connectivity index (χ2n) is 14.3. The van der Waals surface area contributed by atoms with E-state index in [0.717, 1.165) is 48.5 Å². The van der Waals surface area contributed by atoms with Crippen LogP contribution in [-0.4, -0.2) is 75.1 Å². The van der Waals surface area contributed by atoms with Crippen molar-refractivity contribution in [1.82, 2.24) is 4.98 Å². The van der Waals surface area contributed by atoms with Gasteiger partial charge in [-0.25, -0.2) is 38.7 Å². The fraction of sp³-hybridized carbons (Fsp3) is 0.0976. The molecule has 0 saturated carbocycles. The second-order valence-corrected chi connectivity index (χ2v) is 19.7. The van der Waals surface area contributed by atoms with Crippen LogP contribution in [0.2, 0.25) is 0 Å². The van der Waals surface area contributed by atoms with Crippen molar-refractivity contribution < 1.29 is 175 Å². The maximum absolute atomic E-state index is 12.1. The molecule has 0 radical (unpaired) electrons. The van der Waals surface area contributed by atoms with Crippen molar-refractivity contribution in [2.24, 2.45) is 20.5 Å². The molecular weight excluding hydrogens is 1030 g/mol. The summed E-state index contributed by atoms with van der Waals surface area (Å²) in [5.74, 6) is 0.734. The van der Waals surface area contributed by atoms with Gasteiger partial charge >= 0.3 is 118 Å². The quantitative estimate of drug-likeness (QED) is 0.0426. The fourth-order valence-electron chi connectivity index (χ4n) is 6.75. The van der Waals surface area contributed by atoms with Crippen LogP contribution < -0.4 is 134 Å². The van der Waals surface area contributed by atoms with E-state index in [0.29, 0.717) is 51.2 Å². The first-order valence-electron chi connectivity index (χ1n) is 18.9. The van der Waals surface area contributed by atoms with Crippen LogP contribution in [0, 0.1) is 13.8 Å². The number of hydrogen-bond donors (Lipinski definition) is 4. The molecule has 6 aromatic carbocycles. The number of aliphatic hydroxyl groups is 1. The van der Waals surface area contributed by atoms with Gasteiger partial charge in [0, 0.05) is 57.3 Å². The van der Waals surface area contributed by atoms with Gasteiger partial charge in [-0.3, -0.25) is 0 Å². The Bertz CT molecular complexity index is 3420. The van der Waals surface area contributed by atoms with E-state index in [1.807, 2.05) is 0 Å². The third-order valence-electron chi connectivity index (χ3n) is 9.63. The standard InChI is InChI=1S/C41H36N8O13S4.4Na/c1-23-15-25(9-11-34(23)48-46-28-17-32-30(38(19-28)65(57,58)59)5-3-7-36(32)63(51,52)53)43-27-21-40(42-13-14-50)45-41(22-27)44-26-10-12-35(24(2)16-26)49-47-29-18-33-31(39(20-29)66(60,61)62)6-4-8-37(33)64(54,55)56;;;;/h3-12,15-22,50H,13-14H2,1-2H3,(H,51,52,53)(H,54,55,56)(H,57,58,59)(H,60,61,62)(H3,42,43,44,45);;;;/q;4*+1/p-4. The topological polar surface area (TPSA) is 347 Å². The van der Waals surface area contributed by atoms with E-state index in [1.165, 1.54) is 12.1 Å². The van der Waals surface area contributed by atoms with E-state index in [2.05, 4.69) is 41.4 Å². The van der Waals surface area contributed by atoms with Crippen LogP contribution in [0.25, 0.3) is 21.5 Å². The summed E-state index contributed by atoms with van der Waals surface area (Å²) in [5, 5.41) is 34.2. The first kappa shape index (κ1) is 61.5. The van der Waals surface area contributed by atoms with Gasteiger partial charge in [-0.1, -0.05) is 24.3 Å². The molecule has 70 heavy (non-hydrogen) atoms. The van der Waals surface area contributed by atoms with Crippen molar-refractivity contribution in [3.63, 3.8) is 0 Å². The number of azo groups is 2. The molecule has 0 saturated heterocycles. The number of hydrogen-bond acceptors (Lipinski definition) is 21. The zero-order chi connectivity index (χ0) is 47.8. The number of aliphatic hydroxyl groups excluding tert-OH is 1. The summed E-state index contributed by atoms with van der Waals surface area (Å²) in [6.07, 6.45) is 0. The van der Waals surface area contributed by atoms with Gasteiger partial charge in [-0.05, 0) is 97.8 Å². The number of nitrogens with one attached hydrogen (secondary N) is 3. The van der Waals surface area contributed by atoms with Gasteiger partial charge in [0.25, 0.3) is 0 Å². The van der Waals surface area contributed by atoms with Gasteiger partial charge in [0.1, 0.15) is 52.1 Å². The Kier molecular flexibility index (Phi) is 21.9. The van der Waals surface area contributed by atoms with Crippen LogP contribution in [0.3, 0.4) is 0 Å². The smallest absolute Gasteiger partial charge is 0.744 e. The predicted molar refractivity (Wildman–Crippen MR) is 237 cm³/mol. The largest absolute Gasteiger partial charge is 1.00 e. The van der Waals surface area contributed by atoms with Gasteiger partial charge in [-0.15, -0.1) is 0 Å². The Labute approximate surface area is 490 Å². The molecule has 1 aromatic heterocycles. The summed E-state index contributed by atoms with van der Waals surface area (Å²) in [4.78, 5) is 1.55. The van der Waals surface area contributed by atoms with Crippen molar-refractivity contribution in [2.75, 3.05) is 29.1 Å². The minimum absolute atomic E-state index is 0. The third-order valence-corrected chi connectivity index (χ3v) is 13.2. The van der Waals surface area contributed by atoms with Crippen LogP contribution in [0.5, 0.6) is 0 Å². The first-order valence-corrected chi connectivity index (χ1v) is 24.5. The average molecular weight is 1060 g/mol. The van der Waals surface area contributed by atoms with Gasteiger partial charge in [-0.2, -0.15) is 20.5 Å². The van der Waals surface area contributed by atoms with Gasteiger partial charge in [0.2, 0.25) is 0 Å². The molecule has 0 aliphatic heterocycles. The normalized spacial score (nSPS) is 11.9. The van der Waals surface area contributed by atoms with Crippen molar-refractivity contribution in [3.05, 3.63) is 120 Å². The summed E-state index contributed by atoms with van der Waals surface area (Å²) in [5.41, 5.74) is 3.05. The molecule has 342 valence electrons. The Balaban J connectivity index is 0.00000324. The summed E-state index contributed by atoms with van der Waals surface area (Å²) >= 11 is 0. The Hall–Kier alpha value is -2.81. The summed E-state index contributed by atoms with van der Waals surface area (Å²) in [6, 6.07) is 24.1. The molecule has 0 aliphatic rings. The van der Waals surface area contributed by atoms with E-state index in [4.69, 9.17) is 0 Å². The minimum Gasteiger partial charge on any atom is -0.744 e. The number of rotatable bonds is 15. The third kappa shape index (κ3) is 15.1. The molecular formula is C41H32N8Na4O13S4. The van der Waals surface area contributed by atoms with Crippen LogP contribution in [0.4, 0.5) is 51.4 Å². The van der Waals surface area contributed by atoms with Crippen molar-refractivity contribution in [1.29, 1.82) is 0 Å². The number of benzene rings is 6. The van der Waals surface area contributed by atoms with Crippen LogP contribution >= 0.6 is 0 Å². The molecule has 0 spiro atoms. The average Bonchev–Trinajstić information content (AvgIpc) is 3.22. The van der Waals surface area contributed by atoms with Gasteiger partial charge in [0.05, 0.1) is 48.9 Å². The molecule has 0 fully saturated rings. The van der Waals surface area contributed by atoms with Gasteiger partial charge < -0.3 is 39.3 Å². The molecule has 4 N–H and O–H groups in total. The van der Waals surface area contributed by atoms with Crippen molar-refractivity contribution in [2.45, 2.75) is 33.4 Å². The van der Waals surface area contributed by atoms with E-state index >= 15 is 0 Å². The van der Waals surface area contributed by atoms with Gasteiger partial charge in [0.15, 0.2) is 0 Å². The zero-order valence-electron chi connectivity index (χ0n) is 38.0. The minimum atomic E-state index is -5.13. The molecule has 7 aromatic rings. The number of pyridine rings is 1. The van der Waals surface area contributed by atoms with Crippen LogP contribution in [0.15, 0.2) is 149 Å². The first-order chi connectivity index (χ1) is 31.0. The number of aryl methyl sites for hydroxylation is 2. The molecule has 0 bridgehead atoms. The Morgan fingerprint density at radius 3 is 1.29 bits per heavy atom. The van der Waals surface area contributed by atoms with E-state index in [1.54, 1.807) is 62.4 Å². The Morgan fingerprint density at radius 1 is 0.471 bits per heavy atom. The van der Waals surface area contributed by atoms with E-state index in [-0.39, 0.29) is 164 Å².